The topological polar surface area (TPSA) is 58.6 Å². The van der Waals surface area contributed by atoms with Crippen molar-refractivity contribution in [1.82, 2.24) is 5.32 Å². The van der Waals surface area contributed by atoms with Crippen molar-refractivity contribution in [2.24, 2.45) is 0 Å². The van der Waals surface area contributed by atoms with E-state index in [0.717, 1.165) is 12.1 Å². The van der Waals surface area contributed by atoms with Gasteiger partial charge in [-0.2, -0.15) is 13.2 Å². The lowest BCUT2D eigenvalue weighted by molar-refractivity contribution is -0.137. The van der Waals surface area contributed by atoms with Crippen LogP contribution in [-0.2, 0) is 11.0 Å². The van der Waals surface area contributed by atoms with Gasteiger partial charge in [0, 0.05) is 0 Å². The lowest BCUT2D eigenvalue weighted by Gasteiger charge is -2.19. The van der Waals surface area contributed by atoms with Crippen LogP contribution in [0.25, 0.3) is 0 Å². The number of rotatable bonds is 5. The van der Waals surface area contributed by atoms with Crippen molar-refractivity contribution in [3.05, 3.63) is 29.8 Å². The zero-order valence-electron chi connectivity index (χ0n) is 11.4. The van der Waals surface area contributed by atoms with Crippen molar-refractivity contribution >= 4 is 5.91 Å². The van der Waals surface area contributed by atoms with Crippen LogP contribution in [0.1, 0.15) is 25.3 Å². The molecule has 0 aliphatic heterocycles. The van der Waals surface area contributed by atoms with Crippen molar-refractivity contribution in [3.63, 3.8) is 0 Å². The Morgan fingerprint density at radius 1 is 1.38 bits per heavy atom. The standard InChI is InChI=1S/C14H16F3NO3/c1-9(12(20)18-13(8-19)6-7-13)21-11-4-2-10(3-5-11)14(15,16)17/h2-5,9,19H,6-8H2,1H3,(H,18,20). The quantitative estimate of drug-likeness (QED) is 0.876. The minimum absolute atomic E-state index is 0.133. The monoisotopic (exact) mass is 303 g/mol. The minimum atomic E-state index is -4.40. The van der Waals surface area contributed by atoms with E-state index in [1.54, 1.807) is 0 Å². The SMILES string of the molecule is CC(Oc1ccc(C(F)(F)F)cc1)C(=O)NC1(CO)CC1. The number of amides is 1. The van der Waals surface area contributed by atoms with Gasteiger partial charge in [0.2, 0.25) is 0 Å². The lowest BCUT2D eigenvalue weighted by Crippen LogP contribution is -2.45. The summed E-state index contributed by atoms with van der Waals surface area (Å²) in [7, 11) is 0. The van der Waals surface area contributed by atoms with E-state index >= 15 is 0 Å². The zero-order valence-corrected chi connectivity index (χ0v) is 11.4. The third-order valence-electron chi connectivity index (χ3n) is 3.41. The number of aliphatic hydroxyl groups is 1. The molecule has 0 radical (unpaired) electrons. The van der Waals surface area contributed by atoms with Crippen LogP contribution in [0, 0.1) is 0 Å². The number of alkyl halides is 3. The first-order valence-electron chi connectivity index (χ1n) is 6.53. The van der Waals surface area contributed by atoms with Gasteiger partial charge in [0.1, 0.15) is 5.75 Å². The fourth-order valence-electron chi connectivity index (χ4n) is 1.82. The number of nitrogens with one attached hydrogen (secondary N) is 1. The van der Waals surface area contributed by atoms with Crippen LogP contribution in [0.4, 0.5) is 13.2 Å². The normalized spacial score (nSPS) is 18.0. The molecule has 0 bridgehead atoms. The van der Waals surface area contributed by atoms with Gasteiger partial charge in [-0.3, -0.25) is 4.79 Å². The highest BCUT2D eigenvalue weighted by atomic mass is 19.4. The molecule has 1 saturated carbocycles. The average molecular weight is 303 g/mol. The Bertz CT molecular complexity index is 509. The lowest BCUT2D eigenvalue weighted by atomic mass is 10.2. The van der Waals surface area contributed by atoms with Crippen LogP contribution < -0.4 is 10.1 Å². The highest BCUT2D eigenvalue weighted by Gasteiger charge is 2.44. The van der Waals surface area contributed by atoms with E-state index < -0.39 is 29.3 Å². The van der Waals surface area contributed by atoms with Crippen LogP contribution in [0.2, 0.25) is 0 Å². The fourth-order valence-corrected chi connectivity index (χ4v) is 1.82. The molecule has 2 N–H and O–H groups in total. The summed E-state index contributed by atoms with van der Waals surface area (Å²) in [5, 5.41) is 11.8. The van der Waals surface area contributed by atoms with Crippen molar-refractivity contribution in [1.29, 1.82) is 0 Å². The summed E-state index contributed by atoms with van der Waals surface area (Å²) in [6, 6.07) is 4.14. The minimum Gasteiger partial charge on any atom is -0.481 e. The van der Waals surface area contributed by atoms with Crippen LogP contribution >= 0.6 is 0 Å². The molecule has 1 atom stereocenters. The summed E-state index contributed by atoms with van der Waals surface area (Å²) in [6.07, 6.45) is -3.84. The molecule has 7 heteroatoms. The highest BCUT2D eigenvalue weighted by Crippen LogP contribution is 2.34. The Labute approximate surface area is 119 Å². The van der Waals surface area contributed by atoms with E-state index in [1.807, 2.05) is 0 Å². The van der Waals surface area contributed by atoms with Crippen LogP contribution in [0.5, 0.6) is 5.75 Å². The number of carbonyl (C=O) groups is 1. The van der Waals surface area contributed by atoms with E-state index in [0.29, 0.717) is 12.8 Å². The van der Waals surface area contributed by atoms with Crippen molar-refractivity contribution < 1.29 is 27.8 Å². The molecule has 1 amide bonds. The Morgan fingerprint density at radius 2 is 1.95 bits per heavy atom. The molecule has 1 aliphatic rings. The highest BCUT2D eigenvalue weighted by molar-refractivity contribution is 5.81. The largest absolute Gasteiger partial charge is 0.481 e. The molecular weight excluding hydrogens is 287 g/mol. The Balaban J connectivity index is 1.93. The van der Waals surface area contributed by atoms with E-state index in [1.165, 1.54) is 19.1 Å². The second-order valence-corrected chi connectivity index (χ2v) is 5.21. The number of aliphatic hydroxyl groups excluding tert-OH is 1. The van der Waals surface area contributed by atoms with Gasteiger partial charge in [-0.05, 0) is 44.0 Å². The van der Waals surface area contributed by atoms with Gasteiger partial charge in [0.25, 0.3) is 5.91 Å². The number of carbonyl (C=O) groups excluding carboxylic acids is 1. The van der Waals surface area contributed by atoms with E-state index in [9.17, 15) is 18.0 Å². The molecule has 0 heterocycles. The molecule has 1 fully saturated rings. The summed E-state index contributed by atoms with van der Waals surface area (Å²) in [5.74, 6) is -0.221. The molecule has 1 aromatic carbocycles. The molecule has 116 valence electrons. The van der Waals surface area contributed by atoms with Gasteiger partial charge >= 0.3 is 6.18 Å². The summed E-state index contributed by atoms with van der Waals surface area (Å²) in [6.45, 7) is 1.37. The van der Waals surface area contributed by atoms with Gasteiger partial charge in [0.05, 0.1) is 17.7 Å². The number of hydrogen-bond donors (Lipinski definition) is 2. The first-order chi connectivity index (χ1) is 9.76. The third-order valence-corrected chi connectivity index (χ3v) is 3.41. The number of benzene rings is 1. The van der Waals surface area contributed by atoms with E-state index in [-0.39, 0.29) is 12.4 Å². The average Bonchev–Trinajstić information content (AvgIpc) is 3.18. The summed E-state index contributed by atoms with van der Waals surface area (Å²) >= 11 is 0. The van der Waals surface area contributed by atoms with Gasteiger partial charge in [-0.25, -0.2) is 0 Å². The summed E-state index contributed by atoms with van der Waals surface area (Å²) in [5.41, 5.74) is -1.32. The molecule has 0 aromatic heterocycles. The second kappa shape index (κ2) is 5.55. The molecular formula is C14H16F3NO3. The summed E-state index contributed by atoms with van der Waals surface area (Å²) in [4.78, 5) is 11.9. The second-order valence-electron chi connectivity index (χ2n) is 5.21. The molecule has 1 unspecified atom stereocenters. The molecule has 1 aromatic rings. The van der Waals surface area contributed by atoms with Crippen molar-refractivity contribution in [2.75, 3.05) is 6.61 Å². The third kappa shape index (κ3) is 3.87. The predicted octanol–water partition coefficient (Wildman–Crippen LogP) is 2.11. The maximum Gasteiger partial charge on any atom is 0.416 e. The summed E-state index contributed by atoms with van der Waals surface area (Å²) < 4.78 is 42.5. The first-order valence-corrected chi connectivity index (χ1v) is 6.53. The zero-order chi connectivity index (χ0) is 15.7. The molecule has 1 aliphatic carbocycles. The number of halogens is 3. The molecule has 0 saturated heterocycles. The van der Waals surface area contributed by atoms with E-state index in [2.05, 4.69) is 5.32 Å². The van der Waals surface area contributed by atoms with Gasteiger partial charge < -0.3 is 15.2 Å². The first kappa shape index (κ1) is 15.6. The number of hydrogen-bond acceptors (Lipinski definition) is 3. The van der Waals surface area contributed by atoms with Crippen molar-refractivity contribution in [3.8, 4) is 5.75 Å². The van der Waals surface area contributed by atoms with Crippen LogP contribution in [-0.4, -0.2) is 29.3 Å². The molecule has 0 spiro atoms. The fraction of sp³-hybridized carbons (Fsp3) is 0.500. The predicted molar refractivity (Wildman–Crippen MR) is 68.7 cm³/mol. The van der Waals surface area contributed by atoms with Gasteiger partial charge in [-0.1, -0.05) is 0 Å². The Kier molecular flexibility index (Phi) is 4.13. The number of ether oxygens (including phenoxy) is 1. The van der Waals surface area contributed by atoms with Crippen molar-refractivity contribution in [2.45, 2.75) is 37.6 Å². The molecule has 4 nitrogen and oxygen atoms in total. The van der Waals surface area contributed by atoms with Crippen LogP contribution in [0.3, 0.4) is 0 Å². The van der Waals surface area contributed by atoms with E-state index in [4.69, 9.17) is 9.84 Å². The maximum absolute atomic E-state index is 12.4. The van der Waals surface area contributed by atoms with Gasteiger partial charge in [0.15, 0.2) is 6.10 Å². The smallest absolute Gasteiger partial charge is 0.416 e. The molecule has 21 heavy (non-hydrogen) atoms. The van der Waals surface area contributed by atoms with Crippen LogP contribution in [0.15, 0.2) is 24.3 Å². The maximum atomic E-state index is 12.4. The Hall–Kier alpha value is -1.76. The van der Waals surface area contributed by atoms with Gasteiger partial charge in [-0.15, -0.1) is 0 Å². The molecule has 2 rings (SSSR count). The Morgan fingerprint density at radius 3 is 2.38 bits per heavy atom.